The maximum absolute atomic E-state index is 5.96. The van der Waals surface area contributed by atoms with Gasteiger partial charge in [-0.1, -0.05) is 37.6 Å². The van der Waals surface area contributed by atoms with Crippen molar-refractivity contribution in [3.8, 4) is 0 Å². The largest absolute Gasteiger partial charge is 0.368 e. The highest BCUT2D eigenvalue weighted by Gasteiger charge is 2.01. The van der Waals surface area contributed by atoms with Crippen molar-refractivity contribution >= 4 is 23.4 Å². The maximum Gasteiger partial charge on any atom is 0.244 e. The Labute approximate surface area is 130 Å². The minimum atomic E-state index is 0.533. The SMILES string of the molecule is CC(C)CNc1cnnc(NCCc2cccc(Cl)c2)n1. The van der Waals surface area contributed by atoms with Crippen molar-refractivity contribution in [3.63, 3.8) is 0 Å². The highest BCUT2D eigenvalue weighted by atomic mass is 35.5. The number of benzene rings is 1. The highest BCUT2D eigenvalue weighted by molar-refractivity contribution is 6.30. The second kappa shape index (κ2) is 7.78. The van der Waals surface area contributed by atoms with Crippen molar-refractivity contribution in [3.05, 3.63) is 41.0 Å². The quantitative estimate of drug-likeness (QED) is 0.822. The first-order valence-electron chi connectivity index (χ1n) is 7.05. The molecule has 1 aromatic heterocycles. The van der Waals surface area contributed by atoms with E-state index in [1.807, 2.05) is 24.3 Å². The van der Waals surface area contributed by atoms with Gasteiger partial charge in [-0.05, 0) is 30.0 Å². The van der Waals surface area contributed by atoms with Crippen LogP contribution in [-0.2, 0) is 6.42 Å². The van der Waals surface area contributed by atoms with E-state index in [0.29, 0.717) is 11.9 Å². The van der Waals surface area contributed by atoms with Gasteiger partial charge in [-0.15, -0.1) is 5.10 Å². The molecular weight excluding hydrogens is 286 g/mol. The Bertz CT molecular complexity index is 573. The first-order chi connectivity index (χ1) is 10.1. The van der Waals surface area contributed by atoms with E-state index in [1.165, 1.54) is 5.56 Å². The molecule has 2 N–H and O–H groups in total. The summed E-state index contributed by atoms with van der Waals surface area (Å²) in [6.45, 7) is 5.88. The molecule has 0 saturated carbocycles. The minimum Gasteiger partial charge on any atom is -0.368 e. The van der Waals surface area contributed by atoms with Gasteiger partial charge in [0.05, 0.1) is 6.20 Å². The summed E-state index contributed by atoms with van der Waals surface area (Å²) in [4.78, 5) is 4.37. The van der Waals surface area contributed by atoms with Gasteiger partial charge in [-0.25, -0.2) is 0 Å². The lowest BCUT2D eigenvalue weighted by Gasteiger charge is -2.09. The maximum atomic E-state index is 5.96. The molecular formula is C15H20ClN5. The topological polar surface area (TPSA) is 62.7 Å². The molecule has 0 spiro atoms. The van der Waals surface area contributed by atoms with Crippen LogP contribution in [0.25, 0.3) is 0 Å². The van der Waals surface area contributed by atoms with E-state index >= 15 is 0 Å². The molecule has 6 heteroatoms. The fourth-order valence-corrected chi connectivity index (χ4v) is 2.00. The van der Waals surface area contributed by atoms with E-state index in [0.717, 1.165) is 30.4 Å². The van der Waals surface area contributed by atoms with Gasteiger partial charge in [-0.2, -0.15) is 10.1 Å². The second-order valence-corrected chi connectivity index (χ2v) is 5.68. The fraction of sp³-hybridized carbons (Fsp3) is 0.400. The predicted octanol–water partition coefficient (Wildman–Crippen LogP) is 3.25. The number of rotatable bonds is 7. The minimum absolute atomic E-state index is 0.533. The molecule has 1 heterocycles. The van der Waals surface area contributed by atoms with Gasteiger partial charge in [0.2, 0.25) is 5.95 Å². The third-order valence-corrected chi connectivity index (χ3v) is 3.07. The summed E-state index contributed by atoms with van der Waals surface area (Å²) in [6, 6.07) is 7.83. The normalized spacial score (nSPS) is 10.7. The van der Waals surface area contributed by atoms with E-state index < -0.39 is 0 Å². The molecule has 2 aromatic rings. The number of hydrogen-bond acceptors (Lipinski definition) is 5. The van der Waals surface area contributed by atoms with Crippen LogP contribution in [0.1, 0.15) is 19.4 Å². The predicted molar refractivity (Wildman–Crippen MR) is 86.8 cm³/mol. The van der Waals surface area contributed by atoms with Crippen LogP contribution in [0.15, 0.2) is 30.5 Å². The molecule has 0 fully saturated rings. The zero-order valence-corrected chi connectivity index (χ0v) is 13.1. The number of anilines is 2. The van der Waals surface area contributed by atoms with Gasteiger partial charge in [0.25, 0.3) is 0 Å². The lowest BCUT2D eigenvalue weighted by molar-refractivity contribution is 0.686. The molecule has 5 nitrogen and oxygen atoms in total. The molecule has 0 unspecified atom stereocenters. The molecule has 2 rings (SSSR count). The van der Waals surface area contributed by atoms with Gasteiger partial charge in [0.1, 0.15) is 0 Å². The van der Waals surface area contributed by atoms with Gasteiger partial charge in [0.15, 0.2) is 5.82 Å². The van der Waals surface area contributed by atoms with Crippen LogP contribution in [0.2, 0.25) is 5.02 Å². The number of aromatic nitrogens is 3. The molecule has 0 aliphatic carbocycles. The zero-order chi connectivity index (χ0) is 15.1. The number of nitrogens with zero attached hydrogens (tertiary/aromatic N) is 3. The second-order valence-electron chi connectivity index (χ2n) is 5.25. The van der Waals surface area contributed by atoms with Crippen LogP contribution < -0.4 is 10.6 Å². The van der Waals surface area contributed by atoms with Gasteiger partial charge >= 0.3 is 0 Å². The summed E-state index contributed by atoms with van der Waals surface area (Å²) < 4.78 is 0. The third-order valence-electron chi connectivity index (χ3n) is 2.84. The molecule has 21 heavy (non-hydrogen) atoms. The Morgan fingerprint density at radius 2 is 2.10 bits per heavy atom. The summed E-state index contributed by atoms with van der Waals surface area (Å²) in [5.41, 5.74) is 1.18. The van der Waals surface area contributed by atoms with E-state index in [9.17, 15) is 0 Å². The van der Waals surface area contributed by atoms with Crippen molar-refractivity contribution in [2.45, 2.75) is 20.3 Å². The first kappa shape index (κ1) is 15.5. The average molecular weight is 306 g/mol. The third kappa shape index (κ3) is 5.55. The molecule has 0 saturated heterocycles. The molecule has 0 aliphatic heterocycles. The summed E-state index contributed by atoms with van der Waals surface area (Å²) >= 11 is 5.96. The van der Waals surface area contributed by atoms with Crippen LogP contribution in [0.5, 0.6) is 0 Å². The molecule has 0 bridgehead atoms. The standard InChI is InChI=1S/C15H20ClN5/c1-11(2)9-18-14-10-19-21-15(20-14)17-7-6-12-4-3-5-13(16)8-12/h3-5,8,10-11H,6-7,9H2,1-2H3,(H2,17,18,20,21). The van der Waals surface area contributed by atoms with Crippen LogP contribution in [0.3, 0.4) is 0 Å². The van der Waals surface area contributed by atoms with Crippen LogP contribution in [0.4, 0.5) is 11.8 Å². The summed E-state index contributed by atoms with van der Waals surface area (Å²) in [5.74, 6) is 1.83. The molecule has 0 aliphatic rings. The van der Waals surface area contributed by atoms with E-state index in [2.05, 4.69) is 39.7 Å². The Morgan fingerprint density at radius 3 is 2.86 bits per heavy atom. The Morgan fingerprint density at radius 1 is 1.24 bits per heavy atom. The lowest BCUT2D eigenvalue weighted by Crippen LogP contribution is -2.13. The fourth-order valence-electron chi connectivity index (χ4n) is 1.78. The molecule has 0 atom stereocenters. The van der Waals surface area contributed by atoms with Crippen LogP contribution in [-0.4, -0.2) is 28.3 Å². The molecule has 1 aromatic carbocycles. The van der Waals surface area contributed by atoms with Crippen molar-refractivity contribution in [2.75, 3.05) is 23.7 Å². The molecule has 112 valence electrons. The van der Waals surface area contributed by atoms with Crippen molar-refractivity contribution in [1.82, 2.24) is 15.2 Å². The Kier molecular flexibility index (Phi) is 5.75. The van der Waals surface area contributed by atoms with Gasteiger partial charge in [0, 0.05) is 18.1 Å². The zero-order valence-electron chi connectivity index (χ0n) is 12.3. The van der Waals surface area contributed by atoms with E-state index in [-0.39, 0.29) is 0 Å². The van der Waals surface area contributed by atoms with E-state index in [4.69, 9.17) is 11.6 Å². The average Bonchev–Trinajstić information content (AvgIpc) is 2.46. The van der Waals surface area contributed by atoms with Crippen molar-refractivity contribution in [2.24, 2.45) is 5.92 Å². The number of halogens is 1. The summed E-state index contributed by atoms with van der Waals surface area (Å²) in [6.07, 6.45) is 2.48. The Balaban J connectivity index is 1.84. The highest BCUT2D eigenvalue weighted by Crippen LogP contribution is 2.11. The first-order valence-corrected chi connectivity index (χ1v) is 7.43. The van der Waals surface area contributed by atoms with E-state index in [1.54, 1.807) is 6.20 Å². The number of nitrogens with one attached hydrogen (secondary N) is 2. The summed E-state index contributed by atoms with van der Waals surface area (Å²) in [5, 5.41) is 15.1. The monoisotopic (exact) mass is 305 g/mol. The number of hydrogen-bond donors (Lipinski definition) is 2. The molecule has 0 radical (unpaired) electrons. The van der Waals surface area contributed by atoms with Crippen molar-refractivity contribution < 1.29 is 0 Å². The van der Waals surface area contributed by atoms with Gasteiger partial charge in [-0.3, -0.25) is 0 Å². The van der Waals surface area contributed by atoms with Crippen LogP contribution in [0, 0.1) is 5.92 Å². The lowest BCUT2D eigenvalue weighted by atomic mass is 10.1. The smallest absolute Gasteiger partial charge is 0.244 e. The van der Waals surface area contributed by atoms with Gasteiger partial charge < -0.3 is 10.6 Å². The van der Waals surface area contributed by atoms with Crippen molar-refractivity contribution in [1.29, 1.82) is 0 Å². The molecule has 0 amide bonds. The Hall–Kier alpha value is -1.88. The van der Waals surface area contributed by atoms with Crippen LogP contribution >= 0.6 is 11.6 Å². The summed E-state index contributed by atoms with van der Waals surface area (Å²) in [7, 11) is 0.